The molecule has 0 N–H and O–H groups in total. The number of ether oxygens (including phenoxy) is 1. The first-order valence-corrected chi connectivity index (χ1v) is 6.91. The van der Waals surface area contributed by atoms with Crippen molar-refractivity contribution in [2.75, 3.05) is 6.61 Å². The zero-order chi connectivity index (χ0) is 14.1. The van der Waals surface area contributed by atoms with E-state index in [1.807, 2.05) is 0 Å². The van der Waals surface area contributed by atoms with Crippen LogP contribution in [-0.4, -0.2) is 22.1 Å². The lowest BCUT2D eigenvalue weighted by Gasteiger charge is -2.17. The van der Waals surface area contributed by atoms with Gasteiger partial charge in [-0.25, -0.2) is 9.78 Å². The van der Waals surface area contributed by atoms with Gasteiger partial charge in [-0.1, -0.05) is 0 Å². The molecule has 0 aliphatic carbocycles. The third-order valence-corrected chi connectivity index (χ3v) is 3.58. The average Bonchev–Trinajstić information content (AvgIpc) is 2.47. The van der Waals surface area contributed by atoms with Crippen molar-refractivity contribution in [1.29, 1.82) is 0 Å². The molecule has 20 heavy (non-hydrogen) atoms. The minimum Gasteiger partial charge on any atom is -0.462 e. The van der Waals surface area contributed by atoms with Crippen molar-refractivity contribution in [3.8, 4) is 0 Å². The molecule has 1 aromatic carbocycles. The molecule has 104 valence electrons. The summed E-state index contributed by atoms with van der Waals surface area (Å²) < 4.78 is 6.68. The number of hydrogen-bond acceptors (Lipinski definition) is 4. The Labute approximate surface area is 116 Å². The van der Waals surface area contributed by atoms with E-state index in [1.165, 1.54) is 0 Å². The lowest BCUT2D eigenvalue weighted by molar-refractivity contribution is 0.0526. The maximum absolute atomic E-state index is 12.5. The van der Waals surface area contributed by atoms with Crippen LogP contribution in [0.2, 0.25) is 0 Å². The smallest absolute Gasteiger partial charge is 0.338 e. The van der Waals surface area contributed by atoms with Crippen LogP contribution in [0.3, 0.4) is 0 Å². The molecule has 3 rings (SSSR count). The van der Waals surface area contributed by atoms with Crippen molar-refractivity contribution in [2.45, 2.75) is 32.7 Å². The van der Waals surface area contributed by atoms with Crippen LogP contribution in [-0.2, 0) is 17.7 Å². The largest absolute Gasteiger partial charge is 0.462 e. The van der Waals surface area contributed by atoms with Crippen molar-refractivity contribution in [3.05, 3.63) is 39.9 Å². The number of hydrogen-bond donors (Lipinski definition) is 0. The monoisotopic (exact) mass is 272 g/mol. The van der Waals surface area contributed by atoms with E-state index in [4.69, 9.17) is 4.74 Å². The summed E-state index contributed by atoms with van der Waals surface area (Å²) in [6.07, 6.45) is 2.90. The fraction of sp³-hybridized carbons (Fsp3) is 0.400. The van der Waals surface area contributed by atoms with E-state index in [1.54, 1.807) is 29.7 Å². The van der Waals surface area contributed by atoms with E-state index in [0.29, 0.717) is 29.6 Å². The Morgan fingerprint density at radius 2 is 2.25 bits per heavy atom. The van der Waals surface area contributed by atoms with Crippen molar-refractivity contribution in [1.82, 2.24) is 9.55 Å². The molecule has 1 aliphatic heterocycles. The predicted molar refractivity (Wildman–Crippen MR) is 74.9 cm³/mol. The minimum absolute atomic E-state index is 0.0594. The fourth-order valence-corrected chi connectivity index (χ4v) is 2.58. The van der Waals surface area contributed by atoms with Crippen molar-refractivity contribution in [3.63, 3.8) is 0 Å². The first-order chi connectivity index (χ1) is 9.70. The zero-order valence-corrected chi connectivity index (χ0v) is 11.4. The second-order valence-electron chi connectivity index (χ2n) is 4.89. The molecule has 0 amide bonds. The lowest BCUT2D eigenvalue weighted by atomic mass is 10.1. The third-order valence-electron chi connectivity index (χ3n) is 3.58. The zero-order valence-electron chi connectivity index (χ0n) is 11.4. The highest BCUT2D eigenvalue weighted by Crippen LogP contribution is 2.16. The summed E-state index contributed by atoms with van der Waals surface area (Å²) in [4.78, 5) is 28.7. The van der Waals surface area contributed by atoms with E-state index >= 15 is 0 Å². The summed E-state index contributed by atoms with van der Waals surface area (Å²) in [6.45, 7) is 2.78. The standard InChI is InChI=1S/C15H16N2O3/c1-2-20-15(19)10-6-7-12-11(9-10)14(18)17-8-4-3-5-13(17)16-12/h6-7,9H,2-5,8H2,1H3. The highest BCUT2D eigenvalue weighted by Gasteiger charge is 2.16. The Morgan fingerprint density at radius 1 is 1.40 bits per heavy atom. The Morgan fingerprint density at radius 3 is 3.05 bits per heavy atom. The quantitative estimate of drug-likeness (QED) is 0.783. The Balaban J connectivity index is 2.16. The van der Waals surface area contributed by atoms with Gasteiger partial charge in [-0.3, -0.25) is 9.36 Å². The van der Waals surface area contributed by atoms with Gasteiger partial charge < -0.3 is 4.74 Å². The van der Waals surface area contributed by atoms with Crippen LogP contribution in [0.15, 0.2) is 23.0 Å². The van der Waals surface area contributed by atoms with Crippen molar-refractivity contribution < 1.29 is 9.53 Å². The Hall–Kier alpha value is -2.17. The van der Waals surface area contributed by atoms with Gasteiger partial charge in [-0.05, 0) is 38.0 Å². The average molecular weight is 272 g/mol. The molecule has 0 unspecified atom stereocenters. The second kappa shape index (κ2) is 5.07. The van der Waals surface area contributed by atoms with Gasteiger partial charge in [0.1, 0.15) is 5.82 Å². The van der Waals surface area contributed by atoms with Crippen LogP contribution < -0.4 is 5.56 Å². The number of benzene rings is 1. The molecule has 0 atom stereocenters. The second-order valence-corrected chi connectivity index (χ2v) is 4.89. The van der Waals surface area contributed by atoms with Crippen LogP contribution in [0.1, 0.15) is 35.9 Å². The van der Waals surface area contributed by atoms with Crippen LogP contribution in [0.4, 0.5) is 0 Å². The Kier molecular flexibility index (Phi) is 3.26. The summed E-state index contributed by atoms with van der Waals surface area (Å²) in [7, 11) is 0. The number of carbonyl (C=O) groups excluding carboxylic acids is 1. The van der Waals surface area contributed by atoms with Crippen LogP contribution >= 0.6 is 0 Å². The highest BCUT2D eigenvalue weighted by atomic mass is 16.5. The SMILES string of the molecule is CCOC(=O)c1ccc2nc3n(c(=O)c2c1)CCCC3. The summed E-state index contributed by atoms with van der Waals surface area (Å²) >= 11 is 0. The van der Waals surface area contributed by atoms with E-state index in [9.17, 15) is 9.59 Å². The summed E-state index contributed by atoms with van der Waals surface area (Å²) in [5, 5.41) is 0.487. The summed E-state index contributed by atoms with van der Waals surface area (Å²) in [5.41, 5.74) is 0.988. The summed E-state index contributed by atoms with van der Waals surface area (Å²) in [5.74, 6) is 0.439. The molecule has 0 saturated heterocycles. The van der Waals surface area contributed by atoms with E-state index in [-0.39, 0.29) is 5.56 Å². The molecule has 1 aliphatic rings. The number of carbonyl (C=O) groups is 1. The number of rotatable bonds is 2. The number of aromatic nitrogens is 2. The topological polar surface area (TPSA) is 61.2 Å². The minimum atomic E-state index is -0.406. The lowest BCUT2D eigenvalue weighted by Crippen LogP contribution is -2.28. The first-order valence-electron chi connectivity index (χ1n) is 6.91. The van der Waals surface area contributed by atoms with Gasteiger partial charge in [-0.15, -0.1) is 0 Å². The third kappa shape index (κ3) is 2.09. The van der Waals surface area contributed by atoms with E-state index in [2.05, 4.69) is 4.98 Å². The molecule has 0 radical (unpaired) electrons. The molecular formula is C15H16N2O3. The predicted octanol–water partition coefficient (Wildman–Crippen LogP) is 1.91. The molecule has 2 aromatic rings. The Bertz CT molecular complexity index is 734. The van der Waals surface area contributed by atoms with Gasteiger partial charge in [0.05, 0.1) is 23.1 Å². The number of fused-ring (bicyclic) bond motifs is 2. The van der Waals surface area contributed by atoms with Gasteiger partial charge in [0.25, 0.3) is 5.56 Å². The van der Waals surface area contributed by atoms with Gasteiger partial charge in [0.2, 0.25) is 0 Å². The maximum Gasteiger partial charge on any atom is 0.338 e. The number of aryl methyl sites for hydroxylation is 1. The fourth-order valence-electron chi connectivity index (χ4n) is 2.58. The van der Waals surface area contributed by atoms with Crippen LogP contribution in [0.25, 0.3) is 10.9 Å². The summed E-state index contributed by atoms with van der Waals surface area (Å²) in [6, 6.07) is 4.97. The molecule has 0 fully saturated rings. The number of esters is 1. The molecule has 0 bridgehead atoms. The molecule has 1 aromatic heterocycles. The van der Waals surface area contributed by atoms with Gasteiger partial charge in [0.15, 0.2) is 0 Å². The maximum atomic E-state index is 12.5. The molecule has 5 nitrogen and oxygen atoms in total. The van der Waals surface area contributed by atoms with Gasteiger partial charge >= 0.3 is 5.97 Å². The molecule has 0 spiro atoms. The number of nitrogens with zero attached hydrogens (tertiary/aromatic N) is 2. The molecular weight excluding hydrogens is 256 g/mol. The van der Waals surface area contributed by atoms with Crippen LogP contribution in [0.5, 0.6) is 0 Å². The van der Waals surface area contributed by atoms with Crippen molar-refractivity contribution in [2.24, 2.45) is 0 Å². The van der Waals surface area contributed by atoms with E-state index in [0.717, 1.165) is 25.1 Å². The van der Waals surface area contributed by atoms with Crippen molar-refractivity contribution >= 4 is 16.9 Å². The molecule has 0 saturated carbocycles. The molecule has 2 heterocycles. The normalized spacial score (nSPS) is 14.1. The van der Waals surface area contributed by atoms with E-state index < -0.39 is 5.97 Å². The van der Waals surface area contributed by atoms with Gasteiger partial charge in [-0.2, -0.15) is 0 Å². The highest BCUT2D eigenvalue weighted by molar-refractivity contribution is 5.94. The first kappa shape index (κ1) is 12.8. The molecule has 5 heteroatoms. The van der Waals surface area contributed by atoms with Gasteiger partial charge in [0, 0.05) is 13.0 Å². The van der Waals surface area contributed by atoms with Crippen LogP contribution in [0, 0.1) is 0 Å².